The summed E-state index contributed by atoms with van der Waals surface area (Å²) in [6.07, 6.45) is 3.94. The number of nitrogens with two attached hydrogens (primary N) is 1. The molecule has 2 aromatic rings. The van der Waals surface area contributed by atoms with Crippen LogP contribution >= 0.6 is 0 Å². The summed E-state index contributed by atoms with van der Waals surface area (Å²) in [5.41, 5.74) is 7.04. The Bertz CT molecular complexity index is 532. The lowest BCUT2D eigenvalue weighted by atomic mass is 10.2. The number of rotatable bonds is 4. The van der Waals surface area contributed by atoms with Gasteiger partial charge in [-0.15, -0.1) is 0 Å². The van der Waals surface area contributed by atoms with E-state index in [2.05, 4.69) is 15.4 Å². The van der Waals surface area contributed by atoms with Gasteiger partial charge in [0.05, 0.1) is 5.56 Å². The van der Waals surface area contributed by atoms with E-state index < -0.39 is 0 Å². The Hall–Kier alpha value is -2.37. The van der Waals surface area contributed by atoms with Crippen molar-refractivity contribution in [3.63, 3.8) is 0 Å². The Labute approximate surface area is 105 Å². The van der Waals surface area contributed by atoms with Gasteiger partial charge < -0.3 is 11.1 Å². The first-order valence-corrected chi connectivity index (χ1v) is 5.63. The SMILES string of the molecule is Cn1nccc1CCNC(=O)c1ccc(N)nc1. The molecule has 0 aliphatic carbocycles. The molecule has 0 bridgehead atoms. The van der Waals surface area contributed by atoms with E-state index in [1.807, 2.05) is 13.1 Å². The zero-order chi connectivity index (χ0) is 13.0. The van der Waals surface area contributed by atoms with Crippen molar-refractivity contribution in [1.82, 2.24) is 20.1 Å². The first-order chi connectivity index (χ1) is 8.66. The molecule has 0 spiro atoms. The fourth-order valence-corrected chi connectivity index (χ4v) is 1.59. The second kappa shape index (κ2) is 5.31. The molecule has 2 heterocycles. The fourth-order valence-electron chi connectivity index (χ4n) is 1.59. The molecular weight excluding hydrogens is 230 g/mol. The maximum absolute atomic E-state index is 11.8. The van der Waals surface area contributed by atoms with Gasteiger partial charge >= 0.3 is 0 Å². The highest BCUT2D eigenvalue weighted by atomic mass is 16.1. The van der Waals surface area contributed by atoms with E-state index in [-0.39, 0.29) is 5.91 Å². The summed E-state index contributed by atoms with van der Waals surface area (Å²) in [6, 6.07) is 5.19. The van der Waals surface area contributed by atoms with Gasteiger partial charge in [-0.3, -0.25) is 9.48 Å². The zero-order valence-corrected chi connectivity index (χ0v) is 10.1. The summed E-state index contributed by atoms with van der Waals surface area (Å²) in [5, 5.41) is 6.89. The van der Waals surface area contributed by atoms with Gasteiger partial charge in [0.15, 0.2) is 0 Å². The fraction of sp³-hybridized carbons (Fsp3) is 0.250. The lowest BCUT2D eigenvalue weighted by Gasteiger charge is -2.05. The molecule has 0 unspecified atom stereocenters. The van der Waals surface area contributed by atoms with E-state index in [1.54, 1.807) is 23.0 Å². The Morgan fingerprint density at radius 2 is 2.28 bits per heavy atom. The van der Waals surface area contributed by atoms with E-state index in [1.165, 1.54) is 6.20 Å². The highest BCUT2D eigenvalue weighted by Crippen LogP contribution is 2.01. The standard InChI is InChI=1S/C12H15N5O/c1-17-10(5-7-16-17)4-6-14-12(18)9-2-3-11(13)15-8-9/h2-3,5,7-8H,4,6H2,1H3,(H2,13,15)(H,14,18). The Balaban J connectivity index is 1.85. The summed E-state index contributed by atoms with van der Waals surface area (Å²) in [5.74, 6) is 0.256. The second-order valence-electron chi connectivity index (χ2n) is 3.92. The van der Waals surface area contributed by atoms with Gasteiger partial charge in [0.2, 0.25) is 0 Å². The third-order valence-electron chi connectivity index (χ3n) is 2.64. The largest absolute Gasteiger partial charge is 0.384 e. The molecule has 18 heavy (non-hydrogen) atoms. The topological polar surface area (TPSA) is 85.8 Å². The van der Waals surface area contributed by atoms with Crippen molar-refractivity contribution in [3.8, 4) is 0 Å². The first-order valence-electron chi connectivity index (χ1n) is 5.63. The minimum atomic E-state index is -0.148. The van der Waals surface area contributed by atoms with Gasteiger partial charge in [-0.05, 0) is 18.2 Å². The molecule has 94 valence electrons. The average molecular weight is 245 g/mol. The predicted octanol–water partition coefficient (Wildman–Crippen LogP) is 0.370. The van der Waals surface area contributed by atoms with Crippen molar-refractivity contribution in [3.05, 3.63) is 41.9 Å². The van der Waals surface area contributed by atoms with Crippen LogP contribution in [-0.4, -0.2) is 27.2 Å². The molecule has 0 aliphatic heterocycles. The third kappa shape index (κ3) is 2.85. The van der Waals surface area contributed by atoms with Gasteiger partial charge in [0.1, 0.15) is 5.82 Å². The number of carbonyl (C=O) groups excluding carboxylic acids is 1. The number of nitrogens with one attached hydrogen (secondary N) is 1. The van der Waals surface area contributed by atoms with Crippen molar-refractivity contribution >= 4 is 11.7 Å². The van der Waals surface area contributed by atoms with Gasteiger partial charge in [-0.1, -0.05) is 0 Å². The van der Waals surface area contributed by atoms with Crippen molar-refractivity contribution in [2.75, 3.05) is 12.3 Å². The number of aromatic nitrogens is 3. The van der Waals surface area contributed by atoms with Crippen LogP contribution in [-0.2, 0) is 13.5 Å². The maximum atomic E-state index is 11.8. The summed E-state index contributed by atoms with van der Waals surface area (Å²) < 4.78 is 1.79. The number of nitrogen functional groups attached to an aromatic ring is 1. The summed E-state index contributed by atoms with van der Waals surface area (Å²) in [4.78, 5) is 15.6. The van der Waals surface area contributed by atoms with Gasteiger partial charge in [0.25, 0.3) is 5.91 Å². The van der Waals surface area contributed by atoms with Crippen LogP contribution in [0.3, 0.4) is 0 Å². The summed E-state index contributed by atoms with van der Waals surface area (Å²) in [6.45, 7) is 0.558. The maximum Gasteiger partial charge on any atom is 0.252 e. The summed E-state index contributed by atoms with van der Waals surface area (Å²) >= 11 is 0. The van der Waals surface area contributed by atoms with E-state index in [0.29, 0.717) is 17.9 Å². The van der Waals surface area contributed by atoms with Crippen molar-refractivity contribution < 1.29 is 4.79 Å². The van der Waals surface area contributed by atoms with E-state index in [0.717, 1.165) is 12.1 Å². The molecule has 2 rings (SSSR count). The van der Waals surface area contributed by atoms with Gasteiger partial charge in [0, 0.05) is 38.1 Å². The number of pyridine rings is 1. The smallest absolute Gasteiger partial charge is 0.252 e. The van der Waals surface area contributed by atoms with Crippen LogP contribution in [0.4, 0.5) is 5.82 Å². The molecule has 6 nitrogen and oxygen atoms in total. The van der Waals surface area contributed by atoms with E-state index >= 15 is 0 Å². The first kappa shape index (κ1) is 12.1. The molecule has 0 saturated heterocycles. The number of carbonyl (C=O) groups is 1. The summed E-state index contributed by atoms with van der Waals surface area (Å²) in [7, 11) is 1.88. The second-order valence-corrected chi connectivity index (χ2v) is 3.92. The normalized spacial score (nSPS) is 10.3. The van der Waals surface area contributed by atoms with Crippen molar-refractivity contribution in [2.45, 2.75) is 6.42 Å². The van der Waals surface area contributed by atoms with Crippen LogP contribution < -0.4 is 11.1 Å². The molecule has 0 atom stereocenters. The van der Waals surface area contributed by atoms with Crippen LogP contribution in [0.15, 0.2) is 30.6 Å². The van der Waals surface area contributed by atoms with Crippen LogP contribution in [0.1, 0.15) is 16.1 Å². The molecule has 2 aromatic heterocycles. The van der Waals surface area contributed by atoms with Crippen LogP contribution in [0, 0.1) is 0 Å². The highest BCUT2D eigenvalue weighted by molar-refractivity contribution is 5.93. The number of hydrogen-bond donors (Lipinski definition) is 2. The monoisotopic (exact) mass is 245 g/mol. The van der Waals surface area contributed by atoms with Crippen molar-refractivity contribution in [1.29, 1.82) is 0 Å². The van der Waals surface area contributed by atoms with Crippen LogP contribution in [0.25, 0.3) is 0 Å². The molecule has 1 amide bonds. The number of aryl methyl sites for hydroxylation is 1. The lowest BCUT2D eigenvalue weighted by molar-refractivity contribution is 0.0953. The third-order valence-corrected chi connectivity index (χ3v) is 2.64. The molecule has 0 aliphatic rings. The Kier molecular flexibility index (Phi) is 3.57. The van der Waals surface area contributed by atoms with Crippen LogP contribution in [0.5, 0.6) is 0 Å². The predicted molar refractivity (Wildman–Crippen MR) is 67.9 cm³/mol. The molecule has 0 saturated carbocycles. The van der Waals surface area contributed by atoms with Gasteiger partial charge in [-0.2, -0.15) is 5.10 Å². The molecular formula is C12H15N5O. The average Bonchev–Trinajstić information content (AvgIpc) is 2.76. The number of amides is 1. The minimum absolute atomic E-state index is 0.148. The molecule has 0 fully saturated rings. The van der Waals surface area contributed by atoms with E-state index in [4.69, 9.17) is 5.73 Å². The Morgan fingerprint density at radius 3 is 2.89 bits per heavy atom. The van der Waals surface area contributed by atoms with Crippen LogP contribution in [0.2, 0.25) is 0 Å². The molecule has 3 N–H and O–H groups in total. The molecule has 0 radical (unpaired) electrons. The number of hydrogen-bond acceptors (Lipinski definition) is 4. The molecule has 6 heteroatoms. The number of anilines is 1. The van der Waals surface area contributed by atoms with Crippen molar-refractivity contribution in [2.24, 2.45) is 7.05 Å². The van der Waals surface area contributed by atoms with E-state index in [9.17, 15) is 4.79 Å². The highest BCUT2D eigenvalue weighted by Gasteiger charge is 2.05. The zero-order valence-electron chi connectivity index (χ0n) is 10.1. The molecule has 0 aromatic carbocycles. The number of nitrogens with zero attached hydrogens (tertiary/aromatic N) is 3. The minimum Gasteiger partial charge on any atom is -0.384 e. The lowest BCUT2D eigenvalue weighted by Crippen LogP contribution is -2.26. The Morgan fingerprint density at radius 1 is 1.44 bits per heavy atom. The quantitative estimate of drug-likeness (QED) is 0.814. The van der Waals surface area contributed by atoms with Gasteiger partial charge in [-0.25, -0.2) is 4.98 Å².